The Kier molecular flexibility index (Phi) is 8.69. The molecule has 0 aliphatic heterocycles. The fourth-order valence-electron chi connectivity index (χ4n) is 2.42. The zero-order valence-electron chi connectivity index (χ0n) is 18.7. The summed E-state index contributed by atoms with van der Waals surface area (Å²) >= 11 is 1.27. The number of alkyl carbamates (subject to hydrolysis) is 1. The third-order valence-electron chi connectivity index (χ3n) is 4.01. The molecule has 4 amide bonds. The fraction of sp³-hybridized carbons (Fsp3) is 0.318. The number of thiazole rings is 1. The molecule has 33 heavy (non-hydrogen) atoms. The lowest BCUT2D eigenvalue weighted by Crippen LogP contribution is -2.35. The van der Waals surface area contributed by atoms with Crippen LogP contribution in [0.3, 0.4) is 0 Å². The van der Waals surface area contributed by atoms with Crippen LogP contribution in [0.15, 0.2) is 41.9 Å². The van der Waals surface area contributed by atoms with Crippen LogP contribution in [0, 0.1) is 0 Å². The summed E-state index contributed by atoms with van der Waals surface area (Å²) in [6.07, 6.45) is -0.435. The van der Waals surface area contributed by atoms with E-state index in [1.165, 1.54) is 11.3 Å². The van der Waals surface area contributed by atoms with Gasteiger partial charge in [0.15, 0.2) is 0 Å². The van der Waals surface area contributed by atoms with E-state index in [1.807, 2.05) is 24.3 Å². The van der Waals surface area contributed by atoms with Crippen molar-refractivity contribution in [1.82, 2.24) is 20.9 Å². The van der Waals surface area contributed by atoms with Crippen molar-refractivity contribution >= 4 is 35.2 Å². The number of carbonyl (C=O) groups is 4. The van der Waals surface area contributed by atoms with E-state index in [9.17, 15) is 19.2 Å². The van der Waals surface area contributed by atoms with E-state index >= 15 is 0 Å². The van der Waals surface area contributed by atoms with Crippen LogP contribution in [-0.4, -0.2) is 40.9 Å². The quantitative estimate of drug-likeness (QED) is 0.409. The summed E-state index contributed by atoms with van der Waals surface area (Å²) in [5.41, 5.74) is 6.07. The van der Waals surface area contributed by atoms with Gasteiger partial charge in [-0.05, 0) is 26.3 Å². The van der Waals surface area contributed by atoms with Crippen molar-refractivity contribution in [3.8, 4) is 10.6 Å². The molecule has 0 fully saturated rings. The number of carbonyl (C=O) groups excluding carboxylic acids is 4. The van der Waals surface area contributed by atoms with Crippen molar-refractivity contribution < 1.29 is 23.9 Å². The highest BCUT2D eigenvalue weighted by Crippen LogP contribution is 2.24. The maximum absolute atomic E-state index is 12.1. The van der Waals surface area contributed by atoms with E-state index < -0.39 is 23.5 Å². The normalized spacial score (nSPS) is 10.8. The van der Waals surface area contributed by atoms with Gasteiger partial charge in [-0.3, -0.25) is 14.4 Å². The minimum atomic E-state index is -0.819. The van der Waals surface area contributed by atoms with Crippen LogP contribution in [0.4, 0.5) is 4.79 Å². The van der Waals surface area contributed by atoms with Crippen LogP contribution < -0.4 is 21.7 Å². The highest BCUT2D eigenvalue weighted by molar-refractivity contribution is 7.13. The summed E-state index contributed by atoms with van der Waals surface area (Å²) in [5, 5.41) is 9.80. The monoisotopic (exact) mass is 473 g/mol. The molecule has 10 nitrogen and oxygen atoms in total. The van der Waals surface area contributed by atoms with E-state index in [2.05, 4.69) is 27.5 Å². The Morgan fingerprint density at radius 2 is 1.79 bits per heavy atom. The van der Waals surface area contributed by atoms with Gasteiger partial charge in [0.05, 0.1) is 5.70 Å². The molecular formula is C22H27N5O5S. The van der Waals surface area contributed by atoms with E-state index in [4.69, 9.17) is 10.5 Å². The molecule has 176 valence electrons. The predicted molar refractivity (Wildman–Crippen MR) is 124 cm³/mol. The molecule has 0 spiro atoms. The van der Waals surface area contributed by atoms with Crippen molar-refractivity contribution in [2.75, 3.05) is 6.54 Å². The third kappa shape index (κ3) is 8.73. The van der Waals surface area contributed by atoms with E-state index in [1.54, 1.807) is 26.2 Å². The van der Waals surface area contributed by atoms with Gasteiger partial charge in [-0.15, -0.1) is 11.3 Å². The standard InChI is InChI=1S/C22H27N5O5S/c1-13(18(23)29)26-19(30)16-12-33-20(27-16)15-7-5-14(6-8-15)11-25-17(28)9-10-24-21(31)32-22(2,3)4/h5-8,12H,1,9-11H2,2-4H3,(H2,23,29)(H,24,31)(H,25,28)(H,26,30). The van der Waals surface area contributed by atoms with Crippen LogP contribution in [-0.2, 0) is 20.9 Å². The molecule has 0 bridgehead atoms. The average molecular weight is 474 g/mol. The van der Waals surface area contributed by atoms with E-state index in [0.717, 1.165) is 11.1 Å². The van der Waals surface area contributed by atoms with Crippen molar-refractivity contribution in [2.24, 2.45) is 5.73 Å². The molecule has 0 radical (unpaired) electrons. The number of benzene rings is 1. The highest BCUT2D eigenvalue weighted by Gasteiger charge is 2.16. The molecule has 2 rings (SSSR count). The number of nitrogens with two attached hydrogens (primary N) is 1. The summed E-state index contributed by atoms with van der Waals surface area (Å²) in [6, 6.07) is 7.33. The lowest BCUT2D eigenvalue weighted by molar-refractivity contribution is -0.121. The number of amides is 4. The van der Waals surface area contributed by atoms with Crippen molar-refractivity contribution in [3.05, 3.63) is 53.2 Å². The van der Waals surface area contributed by atoms with Crippen molar-refractivity contribution in [1.29, 1.82) is 0 Å². The Morgan fingerprint density at radius 3 is 2.39 bits per heavy atom. The van der Waals surface area contributed by atoms with Crippen LogP contribution >= 0.6 is 11.3 Å². The number of hydrogen-bond acceptors (Lipinski definition) is 7. The molecule has 5 N–H and O–H groups in total. The van der Waals surface area contributed by atoms with Gasteiger partial charge in [-0.1, -0.05) is 30.8 Å². The average Bonchev–Trinajstić information content (AvgIpc) is 3.21. The number of nitrogens with one attached hydrogen (secondary N) is 3. The zero-order chi connectivity index (χ0) is 24.6. The topological polar surface area (TPSA) is 153 Å². The second-order valence-electron chi connectivity index (χ2n) is 7.99. The van der Waals surface area contributed by atoms with E-state index in [0.29, 0.717) is 11.6 Å². The number of hydrogen-bond donors (Lipinski definition) is 4. The minimum Gasteiger partial charge on any atom is -0.444 e. The van der Waals surface area contributed by atoms with Gasteiger partial charge in [-0.25, -0.2) is 9.78 Å². The third-order valence-corrected chi connectivity index (χ3v) is 4.90. The summed E-state index contributed by atoms with van der Waals surface area (Å²) in [6.45, 7) is 9.16. The number of ether oxygens (including phenoxy) is 1. The summed E-state index contributed by atoms with van der Waals surface area (Å²) < 4.78 is 5.11. The van der Waals surface area contributed by atoms with Gasteiger partial charge in [0.2, 0.25) is 5.91 Å². The number of rotatable bonds is 9. The van der Waals surface area contributed by atoms with Gasteiger partial charge < -0.3 is 26.4 Å². The zero-order valence-corrected chi connectivity index (χ0v) is 19.5. The first-order chi connectivity index (χ1) is 15.4. The lowest BCUT2D eigenvalue weighted by atomic mass is 10.1. The van der Waals surface area contributed by atoms with Crippen LogP contribution in [0.25, 0.3) is 10.6 Å². The Hall–Kier alpha value is -3.73. The molecule has 1 heterocycles. The van der Waals surface area contributed by atoms with Gasteiger partial charge in [-0.2, -0.15) is 0 Å². The van der Waals surface area contributed by atoms with Crippen LogP contribution in [0.5, 0.6) is 0 Å². The number of aromatic nitrogens is 1. The largest absolute Gasteiger partial charge is 0.444 e. The van der Waals surface area contributed by atoms with Gasteiger partial charge in [0.25, 0.3) is 11.8 Å². The smallest absolute Gasteiger partial charge is 0.407 e. The molecule has 0 unspecified atom stereocenters. The molecule has 0 atom stereocenters. The number of primary amides is 1. The molecule has 0 aliphatic carbocycles. The summed E-state index contributed by atoms with van der Waals surface area (Å²) in [5.74, 6) is -1.59. The predicted octanol–water partition coefficient (Wildman–Crippen LogP) is 2.07. The molecule has 11 heteroatoms. The highest BCUT2D eigenvalue weighted by atomic mass is 32.1. The number of nitrogens with zero attached hydrogens (tertiary/aromatic N) is 1. The summed E-state index contributed by atoms with van der Waals surface area (Å²) in [4.78, 5) is 50.9. The van der Waals surface area contributed by atoms with Gasteiger partial charge in [0, 0.05) is 30.5 Å². The fourth-order valence-corrected chi connectivity index (χ4v) is 3.23. The lowest BCUT2D eigenvalue weighted by Gasteiger charge is -2.19. The van der Waals surface area contributed by atoms with Gasteiger partial charge >= 0.3 is 6.09 Å². The summed E-state index contributed by atoms with van der Waals surface area (Å²) in [7, 11) is 0. The first-order valence-electron chi connectivity index (χ1n) is 10.0. The maximum atomic E-state index is 12.1. The SMILES string of the molecule is C=C(NC(=O)c1csc(-c2ccc(CNC(=O)CCNC(=O)OC(C)(C)C)cc2)n1)C(N)=O. The van der Waals surface area contributed by atoms with E-state index in [-0.39, 0.29) is 30.3 Å². The maximum Gasteiger partial charge on any atom is 0.407 e. The van der Waals surface area contributed by atoms with Crippen LogP contribution in [0.2, 0.25) is 0 Å². The molecular weight excluding hydrogens is 446 g/mol. The second-order valence-corrected chi connectivity index (χ2v) is 8.85. The van der Waals surface area contributed by atoms with Crippen molar-refractivity contribution in [3.63, 3.8) is 0 Å². The van der Waals surface area contributed by atoms with Crippen molar-refractivity contribution in [2.45, 2.75) is 39.3 Å². The molecule has 0 saturated heterocycles. The Bertz CT molecular complexity index is 1040. The first kappa shape index (κ1) is 25.5. The van der Waals surface area contributed by atoms with Gasteiger partial charge in [0.1, 0.15) is 16.3 Å². The molecule has 1 aromatic heterocycles. The van der Waals surface area contributed by atoms with Crippen LogP contribution in [0.1, 0.15) is 43.2 Å². The second kappa shape index (κ2) is 11.2. The Morgan fingerprint density at radius 1 is 1.12 bits per heavy atom. The molecule has 0 aliphatic rings. The Labute approximate surface area is 195 Å². The minimum absolute atomic E-state index is 0.128. The molecule has 2 aromatic rings. The Balaban J connectivity index is 1.81. The molecule has 0 saturated carbocycles. The first-order valence-corrected chi connectivity index (χ1v) is 10.9. The molecule has 1 aromatic carbocycles.